The molecule has 124 valence electrons. The fourth-order valence-corrected chi connectivity index (χ4v) is 2.84. The second-order valence-corrected chi connectivity index (χ2v) is 6.11. The minimum Gasteiger partial charge on any atom is -0.469 e. The van der Waals surface area contributed by atoms with E-state index < -0.39 is 0 Å². The highest BCUT2D eigenvalue weighted by molar-refractivity contribution is 6.42. The minimum absolute atomic E-state index is 0.294. The highest BCUT2D eigenvalue weighted by Crippen LogP contribution is 2.31. The fourth-order valence-electron chi connectivity index (χ4n) is 2.53. The summed E-state index contributed by atoms with van der Waals surface area (Å²) in [5, 5.41) is 13.4. The average Bonchev–Trinajstić information content (AvgIpc) is 2.83. The van der Waals surface area contributed by atoms with Gasteiger partial charge in [0.05, 0.1) is 16.7 Å². The largest absolute Gasteiger partial charge is 0.469 e. The summed E-state index contributed by atoms with van der Waals surface area (Å²) in [5.74, 6) is 0.294. The first-order valence-electron chi connectivity index (χ1n) is 7.48. The molecule has 0 radical (unpaired) electrons. The second-order valence-electron chi connectivity index (χ2n) is 5.29. The Labute approximate surface area is 150 Å². The molecule has 1 N–H and O–H groups in total. The molecule has 0 bridgehead atoms. The van der Waals surface area contributed by atoms with Crippen LogP contribution in [0.15, 0.2) is 36.5 Å². The summed E-state index contributed by atoms with van der Waals surface area (Å²) >= 11 is 12.1. The SMILES string of the molecule is N#Cc1cccnc1OC1CNCCOC1c1ccc(Cl)c(Cl)c1. The first kappa shape index (κ1) is 17.0. The molecule has 1 aliphatic rings. The Hall–Kier alpha value is -1.84. The van der Waals surface area contributed by atoms with E-state index in [1.165, 1.54) is 0 Å². The van der Waals surface area contributed by atoms with E-state index in [1.807, 2.05) is 6.07 Å². The number of nitrogens with zero attached hydrogens (tertiary/aromatic N) is 2. The molecular formula is C17H15Cl2N3O2. The summed E-state index contributed by atoms with van der Waals surface area (Å²) in [4.78, 5) is 4.16. The van der Waals surface area contributed by atoms with Crippen molar-refractivity contribution in [2.45, 2.75) is 12.2 Å². The molecular weight excluding hydrogens is 349 g/mol. The molecule has 2 heterocycles. The predicted molar refractivity (Wildman–Crippen MR) is 91.4 cm³/mol. The number of hydrogen-bond acceptors (Lipinski definition) is 5. The van der Waals surface area contributed by atoms with Crippen molar-refractivity contribution < 1.29 is 9.47 Å². The van der Waals surface area contributed by atoms with E-state index in [0.29, 0.717) is 41.2 Å². The topological polar surface area (TPSA) is 67.2 Å². The lowest BCUT2D eigenvalue weighted by atomic mass is 10.0. The van der Waals surface area contributed by atoms with Crippen LogP contribution in [0.4, 0.5) is 0 Å². The molecule has 0 aliphatic carbocycles. The van der Waals surface area contributed by atoms with Crippen molar-refractivity contribution in [3.8, 4) is 11.9 Å². The Balaban J connectivity index is 1.90. The van der Waals surface area contributed by atoms with Gasteiger partial charge in [0.2, 0.25) is 5.88 Å². The first-order chi connectivity index (χ1) is 11.7. The van der Waals surface area contributed by atoms with Crippen molar-refractivity contribution in [3.63, 3.8) is 0 Å². The molecule has 2 atom stereocenters. The summed E-state index contributed by atoms with van der Waals surface area (Å²) in [7, 11) is 0. The van der Waals surface area contributed by atoms with E-state index in [9.17, 15) is 5.26 Å². The standard InChI is InChI=1S/C17H15Cl2N3O2/c18-13-4-3-11(8-14(13)19)16-15(10-21-6-7-23-16)24-17-12(9-20)2-1-5-22-17/h1-5,8,15-16,21H,6-7,10H2. The maximum absolute atomic E-state index is 9.20. The number of halogens is 2. The van der Waals surface area contributed by atoms with E-state index in [0.717, 1.165) is 5.56 Å². The normalized spacial score (nSPS) is 20.9. The molecule has 1 aromatic carbocycles. The quantitative estimate of drug-likeness (QED) is 0.905. The smallest absolute Gasteiger partial charge is 0.232 e. The van der Waals surface area contributed by atoms with Gasteiger partial charge in [0.15, 0.2) is 0 Å². The molecule has 2 aromatic rings. The molecule has 1 fully saturated rings. The summed E-state index contributed by atoms with van der Waals surface area (Å²) < 4.78 is 11.9. The Bertz CT molecular complexity index is 764. The van der Waals surface area contributed by atoms with Crippen molar-refractivity contribution in [3.05, 3.63) is 57.7 Å². The zero-order valence-corrected chi connectivity index (χ0v) is 14.2. The van der Waals surface area contributed by atoms with Crippen LogP contribution >= 0.6 is 23.2 Å². The van der Waals surface area contributed by atoms with Crippen molar-refractivity contribution in [1.82, 2.24) is 10.3 Å². The van der Waals surface area contributed by atoms with Crippen molar-refractivity contribution >= 4 is 23.2 Å². The lowest BCUT2D eigenvalue weighted by Gasteiger charge is -2.26. The number of hydrogen-bond donors (Lipinski definition) is 1. The maximum atomic E-state index is 9.20. The molecule has 5 nitrogen and oxygen atoms in total. The highest BCUT2D eigenvalue weighted by Gasteiger charge is 2.29. The molecule has 2 unspecified atom stereocenters. The third-order valence-corrected chi connectivity index (χ3v) is 4.43. The highest BCUT2D eigenvalue weighted by atomic mass is 35.5. The van der Waals surface area contributed by atoms with Gasteiger partial charge in [-0.2, -0.15) is 5.26 Å². The van der Waals surface area contributed by atoms with Gasteiger partial charge >= 0.3 is 0 Å². The monoisotopic (exact) mass is 363 g/mol. The maximum Gasteiger partial charge on any atom is 0.232 e. The van der Waals surface area contributed by atoms with Gasteiger partial charge in [0, 0.05) is 19.3 Å². The van der Waals surface area contributed by atoms with E-state index in [-0.39, 0.29) is 12.2 Å². The molecule has 7 heteroatoms. The zero-order valence-electron chi connectivity index (χ0n) is 12.7. The number of nitriles is 1. The molecule has 24 heavy (non-hydrogen) atoms. The van der Waals surface area contributed by atoms with Crippen LogP contribution < -0.4 is 10.1 Å². The Kier molecular flexibility index (Phi) is 5.54. The number of benzene rings is 1. The first-order valence-corrected chi connectivity index (χ1v) is 8.23. The third-order valence-electron chi connectivity index (χ3n) is 3.69. The van der Waals surface area contributed by atoms with E-state index in [1.54, 1.807) is 30.5 Å². The average molecular weight is 364 g/mol. The van der Waals surface area contributed by atoms with Gasteiger partial charge in [-0.15, -0.1) is 0 Å². The minimum atomic E-state index is -0.355. The van der Waals surface area contributed by atoms with Gasteiger partial charge in [-0.25, -0.2) is 4.98 Å². The van der Waals surface area contributed by atoms with Crippen LogP contribution in [0.2, 0.25) is 10.0 Å². The fraction of sp³-hybridized carbons (Fsp3) is 0.294. The lowest BCUT2D eigenvalue weighted by Crippen LogP contribution is -2.34. The lowest BCUT2D eigenvalue weighted by molar-refractivity contribution is -0.0101. The van der Waals surface area contributed by atoms with Crippen molar-refractivity contribution in [1.29, 1.82) is 5.26 Å². The second kappa shape index (κ2) is 7.82. The van der Waals surface area contributed by atoms with Crippen LogP contribution in [0.1, 0.15) is 17.2 Å². The van der Waals surface area contributed by atoms with E-state index >= 15 is 0 Å². The van der Waals surface area contributed by atoms with Gasteiger partial charge in [0.25, 0.3) is 0 Å². The number of nitrogens with one attached hydrogen (secondary N) is 1. The number of rotatable bonds is 3. The molecule has 1 saturated heterocycles. The zero-order chi connectivity index (χ0) is 16.9. The third kappa shape index (κ3) is 3.80. The van der Waals surface area contributed by atoms with Crippen LogP contribution in [0.5, 0.6) is 5.88 Å². The number of aromatic nitrogens is 1. The Morgan fingerprint density at radius 2 is 2.17 bits per heavy atom. The summed E-state index contributed by atoms with van der Waals surface area (Å²) in [6.07, 6.45) is 0.894. The Morgan fingerprint density at radius 1 is 1.29 bits per heavy atom. The summed E-state index contributed by atoms with van der Waals surface area (Å²) in [5.41, 5.74) is 1.25. The van der Waals surface area contributed by atoms with Gasteiger partial charge < -0.3 is 14.8 Å². The van der Waals surface area contributed by atoms with Crippen molar-refractivity contribution in [2.24, 2.45) is 0 Å². The Morgan fingerprint density at radius 3 is 2.96 bits per heavy atom. The van der Waals surface area contributed by atoms with Gasteiger partial charge in [0.1, 0.15) is 23.8 Å². The van der Waals surface area contributed by atoms with E-state index in [2.05, 4.69) is 16.4 Å². The summed E-state index contributed by atoms with van der Waals surface area (Å²) in [6, 6.07) is 10.8. The van der Waals surface area contributed by atoms with Crippen LogP contribution in [0, 0.1) is 11.3 Å². The predicted octanol–water partition coefficient (Wildman–Crippen LogP) is 3.37. The van der Waals surface area contributed by atoms with Crippen molar-refractivity contribution in [2.75, 3.05) is 19.7 Å². The molecule has 0 amide bonds. The van der Waals surface area contributed by atoms with Crippen LogP contribution in [0.3, 0.4) is 0 Å². The molecule has 3 rings (SSSR count). The number of pyridine rings is 1. The van der Waals surface area contributed by atoms with Crippen LogP contribution in [-0.2, 0) is 4.74 Å². The van der Waals surface area contributed by atoms with Crippen LogP contribution in [0.25, 0.3) is 0 Å². The van der Waals surface area contributed by atoms with Gasteiger partial charge in [-0.3, -0.25) is 0 Å². The van der Waals surface area contributed by atoms with E-state index in [4.69, 9.17) is 32.7 Å². The molecule has 0 saturated carbocycles. The summed E-state index contributed by atoms with van der Waals surface area (Å²) in [6.45, 7) is 1.81. The molecule has 0 spiro atoms. The van der Waals surface area contributed by atoms with Gasteiger partial charge in [-0.05, 0) is 29.8 Å². The van der Waals surface area contributed by atoms with Crippen LogP contribution in [-0.4, -0.2) is 30.8 Å². The molecule has 1 aromatic heterocycles. The number of ether oxygens (including phenoxy) is 2. The molecule has 1 aliphatic heterocycles. The van der Waals surface area contributed by atoms with Gasteiger partial charge in [-0.1, -0.05) is 29.3 Å².